The first-order chi connectivity index (χ1) is 13.5. The Morgan fingerprint density at radius 1 is 1.07 bits per heavy atom. The van der Waals surface area contributed by atoms with E-state index in [0.29, 0.717) is 37.2 Å². The van der Waals surface area contributed by atoms with E-state index >= 15 is 0 Å². The molecule has 0 spiro atoms. The number of β-amino-alcohol motifs (C(OH)–C–C–N with tert-alkyl or cyclic N) is 1. The number of aromatic hydroxyl groups is 1. The summed E-state index contributed by atoms with van der Waals surface area (Å²) in [6.07, 6.45) is 5.07. The minimum Gasteiger partial charge on any atom is -0.506 e. The van der Waals surface area contributed by atoms with Gasteiger partial charge in [-0.1, -0.05) is 12.1 Å². The molecule has 2 aromatic rings. The van der Waals surface area contributed by atoms with Gasteiger partial charge in [0.15, 0.2) is 0 Å². The van der Waals surface area contributed by atoms with E-state index in [9.17, 15) is 15.0 Å². The molecule has 0 radical (unpaired) electrons. The second-order valence-corrected chi connectivity index (χ2v) is 7.98. The molecule has 0 unspecified atom stereocenters. The van der Waals surface area contributed by atoms with E-state index in [1.807, 2.05) is 29.2 Å². The van der Waals surface area contributed by atoms with Crippen LogP contribution in [0.3, 0.4) is 0 Å². The van der Waals surface area contributed by atoms with E-state index in [1.165, 1.54) is 19.0 Å². The standard InChI is InChI=1S/C22H27N3O3/c26-19-6-7-20(23-15-19)17-4-3-5-18(14-17)21(27)25-12-8-22(28,9-13-25)16-24-10-1-2-11-24/h3-7,14-15,26,28H,1-2,8-13,16H2. The number of aliphatic hydroxyl groups is 1. The highest BCUT2D eigenvalue weighted by Crippen LogP contribution is 2.27. The first kappa shape index (κ1) is 18.9. The van der Waals surface area contributed by atoms with E-state index in [0.717, 1.165) is 25.2 Å². The summed E-state index contributed by atoms with van der Waals surface area (Å²) in [7, 11) is 0. The molecule has 3 heterocycles. The van der Waals surface area contributed by atoms with Crippen LogP contribution in [0.2, 0.25) is 0 Å². The highest BCUT2D eigenvalue weighted by atomic mass is 16.3. The van der Waals surface area contributed by atoms with Crippen LogP contribution < -0.4 is 0 Å². The molecule has 2 aliphatic rings. The molecule has 2 aliphatic heterocycles. The molecule has 6 heteroatoms. The van der Waals surface area contributed by atoms with Crippen molar-refractivity contribution in [2.75, 3.05) is 32.7 Å². The van der Waals surface area contributed by atoms with Crippen molar-refractivity contribution in [3.8, 4) is 17.0 Å². The summed E-state index contributed by atoms with van der Waals surface area (Å²) in [4.78, 5) is 21.4. The number of hydrogen-bond acceptors (Lipinski definition) is 5. The molecule has 0 aliphatic carbocycles. The van der Waals surface area contributed by atoms with Gasteiger partial charge in [-0.25, -0.2) is 0 Å². The van der Waals surface area contributed by atoms with Crippen molar-refractivity contribution >= 4 is 5.91 Å². The summed E-state index contributed by atoms with van der Waals surface area (Å²) in [6.45, 7) is 4.01. The van der Waals surface area contributed by atoms with Gasteiger partial charge in [0.2, 0.25) is 0 Å². The number of aromatic nitrogens is 1. The van der Waals surface area contributed by atoms with E-state index in [-0.39, 0.29) is 11.7 Å². The zero-order valence-corrected chi connectivity index (χ0v) is 16.0. The van der Waals surface area contributed by atoms with Crippen LogP contribution in [0.1, 0.15) is 36.0 Å². The maximum Gasteiger partial charge on any atom is 0.253 e. The summed E-state index contributed by atoms with van der Waals surface area (Å²) in [5.41, 5.74) is 1.50. The van der Waals surface area contributed by atoms with Crippen molar-refractivity contribution in [1.29, 1.82) is 0 Å². The number of rotatable bonds is 4. The number of nitrogens with zero attached hydrogens (tertiary/aromatic N) is 3. The topological polar surface area (TPSA) is 76.9 Å². The fourth-order valence-corrected chi connectivity index (χ4v) is 4.19. The van der Waals surface area contributed by atoms with Crippen molar-refractivity contribution in [3.63, 3.8) is 0 Å². The number of pyridine rings is 1. The van der Waals surface area contributed by atoms with Gasteiger partial charge in [0.25, 0.3) is 5.91 Å². The molecule has 0 saturated carbocycles. The second kappa shape index (κ2) is 7.89. The highest BCUT2D eigenvalue weighted by molar-refractivity contribution is 5.95. The molecule has 1 amide bonds. The lowest BCUT2D eigenvalue weighted by Crippen LogP contribution is -2.51. The molecule has 6 nitrogen and oxygen atoms in total. The summed E-state index contributed by atoms with van der Waals surface area (Å²) in [5.74, 6) is 0.106. The monoisotopic (exact) mass is 381 g/mol. The van der Waals surface area contributed by atoms with Crippen LogP contribution >= 0.6 is 0 Å². The maximum atomic E-state index is 13.0. The molecule has 2 fully saturated rings. The zero-order chi connectivity index (χ0) is 19.6. The quantitative estimate of drug-likeness (QED) is 0.851. The van der Waals surface area contributed by atoms with Gasteiger partial charge < -0.3 is 20.0 Å². The van der Waals surface area contributed by atoms with Crippen LogP contribution in [0, 0.1) is 0 Å². The zero-order valence-electron chi connectivity index (χ0n) is 16.0. The molecule has 28 heavy (non-hydrogen) atoms. The number of hydrogen-bond donors (Lipinski definition) is 2. The van der Waals surface area contributed by atoms with E-state index in [4.69, 9.17) is 0 Å². The smallest absolute Gasteiger partial charge is 0.253 e. The lowest BCUT2D eigenvalue weighted by atomic mass is 9.90. The van der Waals surface area contributed by atoms with Crippen LogP contribution in [0.15, 0.2) is 42.6 Å². The molecule has 0 bridgehead atoms. The van der Waals surface area contributed by atoms with Crippen LogP contribution in [0.5, 0.6) is 5.75 Å². The van der Waals surface area contributed by atoms with Crippen LogP contribution in [0.4, 0.5) is 0 Å². The number of amides is 1. The summed E-state index contributed by atoms with van der Waals surface area (Å²) in [5, 5.41) is 20.3. The van der Waals surface area contributed by atoms with Crippen molar-refractivity contribution in [2.45, 2.75) is 31.3 Å². The van der Waals surface area contributed by atoms with Gasteiger partial charge in [0, 0.05) is 30.8 Å². The minimum atomic E-state index is -0.682. The molecule has 1 aromatic carbocycles. The van der Waals surface area contributed by atoms with Crippen molar-refractivity contribution in [1.82, 2.24) is 14.8 Å². The Kier molecular flexibility index (Phi) is 5.33. The second-order valence-electron chi connectivity index (χ2n) is 7.98. The normalized spacial score (nSPS) is 19.7. The Morgan fingerprint density at radius 3 is 2.50 bits per heavy atom. The Labute approximate surface area is 165 Å². The predicted octanol–water partition coefficient (Wildman–Crippen LogP) is 2.52. The summed E-state index contributed by atoms with van der Waals surface area (Å²) in [6, 6.07) is 10.7. The molecule has 0 atom stereocenters. The number of likely N-dealkylation sites (tertiary alicyclic amines) is 2. The van der Waals surface area contributed by atoms with Gasteiger partial charge in [-0.15, -0.1) is 0 Å². The summed E-state index contributed by atoms with van der Waals surface area (Å²) >= 11 is 0. The molecule has 1 aromatic heterocycles. The lowest BCUT2D eigenvalue weighted by molar-refractivity contribution is -0.0367. The van der Waals surface area contributed by atoms with E-state index in [1.54, 1.807) is 12.1 Å². The number of carbonyl (C=O) groups excluding carboxylic acids is 1. The third kappa shape index (κ3) is 4.18. The maximum absolute atomic E-state index is 13.0. The highest BCUT2D eigenvalue weighted by Gasteiger charge is 2.36. The molecule has 2 saturated heterocycles. The fourth-order valence-electron chi connectivity index (χ4n) is 4.19. The number of benzene rings is 1. The van der Waals surface area contributed by atoms with Gasteiger partial charge in [-0.3, -0.25) is 9.78 Å². The minimum absolute atomic E-state index is 0.0103. The van der Waals surface area contributed by atoms with Crippen LogP contribution in [-0.4, -0.2) is 69.2 Å². The van der Waals surface area contributed by atoms with Crippen molar-refractivity contribution in [3.05, 3.63) is 48.2 Å². The molecule has 148 valence electrons. The first-order valence-corrected chi connectivity index (χ1v) is 10.0. The molecule has 2 N–H and O–H groups in total. The number of piperidine rings is 1. The Balaban J connectivity index is 1.41. The number of carbonyl (C=O) groups is 1. The van der Waals surface area contributed by atoms with Gasteiger partial charge in [-0.2, -0.15) is 0 Å². The SMILES string of the molecule is O=C(c1cccc(-c2ccc(O)cn2)c1)N1CCC(O)(CN2CCCC2)CC1. The third-order valence-corrected chi connectivity index (χ3v) is 5.85. The first-order valence-electron chi connectivity index (χ1n) is 10.0. The van der Waals surface area contributed by atoms with E-state index < -0.39 is 5.60 Å². The van der Waals surface area contributed by atoms with Crippen molar-refractivity contribution < 1.29 is 15.0 Å². The largest absolute Gasteiger partial charge is 0.506 e. The van der Waals surface area contributed by atoms with Gasteiger partial charge >= 0.3 is 0 Å². The van der Waals surface area contributed by atoms with Crippen LogP contribution in [-0.2, 0) is 0 Å². The molecular weight excluding hydrogens is 354 g/mol. The average Bonchev–Trinajstić information content (AvgIpc) is 3.21. The van der Waals surface area contributed by atoms with Crippen molar-refractivity contribution in [2.24, 2.45) is 0 Å². The van der Waals surface area contributed by atoms with Gasteiger partial charge in [0.05, 0.1) is 17.5 Å². The fraction of sp³-hybridized carbons (Fsp3) is 0.455. The Hall–Kier alpha value is -2.44. The van der Waals surface area contributed by atoms with Gasteiger partial charge in [-0.05, 0) is 63.0 Å². The van der Waals surface area contributed by atoms with Crippen LogP contribution in [0.25, 0.3) is 11.3 Å². The predicted molar refractivity (Wildman–Crippen MR) is 107 cm³/mol. The lowest BCUT2D eigenvalue weighted by Gasteiger charge is -2.40. The molecule has 4 rings (SSSR count). The van der Waals surface area contributed by atoms with E-state index in [2.05, 4.69) is 9.88 Å². The Bertz CT molecular complexity index is 823. The van der Waals surface area contributed by atoms with Gasteiger partial charge in [0.1, 0.15) is 5.75 Å². The Morgan fingerprint density at radius 2 is 1.82 bits per heavy atom. The third-order valence-electron chi connectivity index (χ3n) is 5.85. The molecular formula is C22H27N3O3. The summed E-state index contributed by atoms with van der Waals surface area (Å²) < 4.78 is 0. The average molecular weight is 381 g/mol.